The monoisotopic (exact) mass is 354 g/mol. The number of nitrogens with one attached hydrogen (secondary N) is 1. The highest BCUT2D eigenvalue weighted by molar-refractivity contribution is 8.13. The van der Waals surface area contributed by atoms with Gasteiger partial charge < -0.3 is 22.8 Å². The maximum absolute atomic E-state index is 8.84. The van der Waals surface area contributed by atoms with Gasteiger partial charge in [0.1, 0.15) is 0 Å². The summed E-state index contributed by atoms with van der Waals surface area (Å²) in [5.74, 6) is 0.794. The standard InChI is InChI=1S/C12H15Cl2N3OS.ClH/c13-10-2-1-9(5-11(10)14)6-19-12-15-7-17(3-4-18)8-16-12;/h1-2,5,18H,3-4,6-8H2,(H,15,16);1H/p-1. The van der Waals surface area contributed by atoms with Gasteiger partial charge in [0.05, 0.1) is 30.0 Å². The molecule has 1 aromatic rings. The van der Waals surface area contributed by atoms with Crippen molar-refractivity contribution in [2.24, 2.45) is 4.99 Å². The minimum Gasteiger partial charge on any atom is -1.00 e. The molecule has 1 aliphatic heterocycles. The molecule has 0 radical (unpaired) electrons. The quantitative estimate of drug-likeness (QED) is 0.757. The van der Waals surface area contributed by atoms with E-state index >= 15 is 0 Å². The van der Waals surface area contributed by atoms with Crippen molar-refractivity contribution in [3.8, 4) is 0 Å². The van der Waals surface area contributed by atoms with E-state index in [0.29, 0.717) is 29.9 Å². The van der Waals surface area contributed by atoms with Crippen LogP contribution >= 0.6 is 35.0 Å². The van der Waals surface area contributed by atoms with E-state index in [4.69, 9.17) is 28.3 Å². The van der Waals surface area contributed by atoms with Crippen molar-refractivity contribution in [2.45, 2.75) is 5.75 Å². The fourth-order valence-corrected chi connectivity index (χ4v) is 2.74. The molecule has 1 aliphatic rings. The van der Waals surface area contributed by atoms with Crippen molar-refractivity contribution in [1.82, 2.24) is 10.2 Å². The number of aliphatic hydroxyl groups excluding tert-OH is 1. The van der Waals surface area contributed by atoms with Crippen LogP contribution in [-0.2, 0) is 5.75 Å². The van der Waals surface area contributed by atoms with Crippen molar-refractivity contribution in [2.75, 3.05) is 26.5 Å². The molecule has 0 atom stereocenters. The predicted octanol–water partition coefficient (Wildman–Crippen LogP) is -0.601. The van der Waals surface area contributed by atoms with Gasteiger partial charge >= 0.3 is 0 Å². The summed E-state index contributed by atoms with van der Waals surface area (Å²) in [4.78, 5) is 6.44. The topological polar surface area (TPSA) is 47.9 Å². The second kappa shape index (κ2) is 8.97. The second-order valence-electron chi connectivity index (χ2n) is 4.09. The maximum atomic E-state index is 8.84. The van der Waals surface area contributed by atoms with Crippen LogP contribution in [0.4, 0.5) is 0 Å². The van der Waals surface area contributed by atoms with E-state index in [9.17, 15) is 0 Å². The van der Waals surface area contributed by atoms with Gasteiger partial charge in [0.25, 0.3) is 0 Å². The Kier molecular flexibility index (Phi) is 8.02. The lowest BCUT2D eigenvalue weighted by atomic mass is 10.2. The Labute approximate surface area is 138 Å². The van der Waals surface area contributed by atoms with E-state index in [2.05, 4.69) is 10.3 Å². The summed E-state index contributed by atoms with van der Waals surface area (Å²) in [6.07, 6.45) is 0. The Morgan fingerprint density at radius 1 is 1.35 bits per heavy atom. The molecule has 2 N–H and O–H groups in total. The molecular weight excluding hydrogens is 341 g/mol. The summed E-state index contributed by atoms with van der Waals surface area (Å²) in [7, 11) is 0. The highest BCUT2D eigenvalue weighted by atomic mass is 35.5. The normalized spacial score (nSPS) is 15.2. The average Bonchev–Trinajstić information content (AvgIpc) is 2.42. The third kappa shape index (κ3) is 5.31. The van der Waals surface area contributed by atoms with E-state index in [0.717, 1.165) is 16.5 Å². The number of thioether (sulfide) groups is 1. The molecule has 20 heavy (non-hydrogen) atoms. The Morgan fingerprint density at radius 3 is 2.75 bits per heavy atom. The molecule has 1 heterocycles. The molecule has 0 unspecified atom stereocenters. The molecule has 2 rings (SSSR count). The molecule has 0 aromatic heterocycles. The summed E-state index contributed by atoms with van der Waals surface area (Å²) in [5, 5.41) is 14.1. The third-order valence-electron chi connectivity index (χ3n) is 2.64. The Balaban J connectivity index is 0.00000200. The minimum absolute atomic E-state index is 0. The number of hydrogen-bond acceptors (Lipinski definition) is 5. The van der Waals surface area contributed by atoms with Gasteiger partial charge in [0.2, 0.25) is 0 Å². The molecule has 1 aromatic carbocycles. The first-order chi connectivity index (χ1) is 9.19. The number of aliphatic hydroxyl groups is 1. The summed E-state index contributed by atoms with van der Waals surface area (Å²) < 4.78 is 0. The molecule has 0 amide bonds. The number of halogens is 3. The zero-order chi connectivity index (χ0) is 13.7. The Hall–Kier alpha value is -0.170. The predicted molar refractivity (Wildman–Crippen MR) is 81.9 cm³/mol. The maximum Gasteiger partial charge on any atom is 0.159 e. The lowest BCUT2D eigenvalue weighted by Crippen LogP contribution is -3.00. The lowest BCUT2D eigenvalue weighted by molar-refractivity contribution is -0.00000480. The van der Waals surface area contributed by atoms with Crippen LogP contribution in [0.1, 0.15) is 5.56 Å². The highest BCUT2D eigenvalue weighted by Gasteiger charge is 2.11. The number of aliphatic imine (C=N–C) groups is 1. The third-order valence-corrected chi connectivity index (χ3v) is 4.41. The molecule has 0 fully saturated rings. The SMILES string of the molecule is OCCN1CN=C(SCc2ccc(Cl)c(Cl)c2)NC1.[Cl-]. The fourth-order valence-electron chi connectivity index (χ4n) is 1.62. The molecule has 0 saturated carbocycles. The van der Waals surface area contributed by atoms with Gasteiger partial charge in [-0.05, 0) is 17.7 Å². The molecule has 112 valence electrons. The highest BCUT2D eigenvalue weighted by Crippen LogP contribution is 2.25. The van der Waals surface area contributed by atoms with Gasteiger partial charge in [0, 0.05) is 12.3 Å². The summed E-state index contributed by atoms with van der Waals surface area (Å²) in [5.41, 5.74) is 1.11. The number of nitrogens with zero attached hydrogens (tertiary/aromatic N) is 2. The van der Waals surface area contributed by atoms with Gasteiger partial charge in [-0.1, -0.05) is 41.0 Å². The van der Waals surface area contributed by atoms with Crippen LogP contribution in [-0.4, -0.2) is 41.7 Å². The van der Waals surface area contributed by atoms with Crippen LogP contribution < -0.4 is 17.7 Å². The number of β-amino-alcohol motifs (C(OH)–C–C–N with tert-alkyl or cyclic N) is 1. The van der Waals surface area contributed by atoms with Crippen molar-refractivity contribution in [1.29, 1.82) is 0 Å². The number of hydrogen-bond donors (Lipinski definition) is 2. The van der Waals surface area contributed by atoms with Crippen molar-refractivity contribution < 1.29 is 17.5 Å². The molecule has 0 saturated heterocycles. The zero-order valence-corrected chi connectivity index (χ0v) is 13.7. The van der Waals surface area contributed by atoms with E-state index in [1.165, 1.54) is 0 Å². The van der Waals surface area contributed by atoms with E-state index < -0.39 is 0 Å². The summed E-state index contributed by atoms with van der Waals surface area (Å²) in [6.45, 7) is 2.13. The number of rotatable bonds is 4. The smallest absolute Gasteiger partial charge is 0.159 e. The lowest BCUT2D eigenvalue weighted by Gasteiger charge is -2.25. The van der Waals surface area contributed by atoms with Gasteiger partial charge in [-0.25, -0.2) is 4.99 Å². The van der Waals surface area contributed by atoms with Crippen LogP contribution in [0.3, 0.4) is 0 Å². The van der Waals surface area contributed by atoms with Gasteiger partial charge in [-0.2, -0.15) is 0 Å². The van der Waals surface area contributed by atoms with Crippen molar-refractivity contribution in [3.05, 3.63) is 33.8 Å². The van der Waals surface area contributed by atoms with Crippen LogP contribution in [0, 0.1) is 0 Å². The van der Waals surface area contributed by atoms with Crippen LogP contribution in [0.15, 0.2) is 23.2 Å². The summed E-state index contributed by atoms with van der Waals surface area (Å²) >= 11 is 13.5. The summed E-state index contributed by atoms with van der Waals surface area (Å²) in [6, 6.07) is 5.64. The Bertz CT molecular complexity index is 473. The fraction of sp³-hybridized carbons (Fsp3) is 0.417. The second-order valence-corrected chi connectivity index (χ2v) is 5.87. The zero-order valence-electron chi connectivity index (χ0n) is 10.7. The Morgan fingerprint density at radius 2 is 2.15 bits per heavy atom. The van der Waals surface area contributed by atoms with Crippen molar-refractivity contribution >= 4 is 40.1 Å². The van der Waals surface area contributed by atoms with Gasteiger partial charge in [0.15, 0.2) is 5.17 Å². The van der Waals surface area contributed by atoms with Crippen molar-refractivity contribution in [3.63, 3.8) is 0 Å². The van der Waals surface area contributed by atoms with Gasteiger partial charge in [-0.15, -0.1) is 0 Å². The van der Waals surface area contributed by atoms with E-state index in [1.54, 1.807) is 17.8 Å². The first-order valence-corrected chi connectivity index (χ1v) is 7.61. The molecule has 0 spiro atoms. The van der Waals surface area contributed by atoms with E-state index in [-0.39, 0.29) is 19.0 Å². The number of amidine groups is 1. The minimum atomic E-state index is 0. The van der Waals surface area contributed by atoms with Crippen LogP contribution in [0.25, 0.3) is 0 Å². The van der Waals surface area contributed by atoms with Gasteiger partial charge in [-0.3, -0.25) is 4.90 Å². The van der Waals surface area contributed by atoms with Crippen LogP contribution in [0.2, 0.25) is 10.0 Å². The molecular formula is C12H15Cl3N3OS-. The number of benzene rings is 1. The molecule has 8 heteroatoms. The largest absolute Gasteiger partial charge is 1.00 e. The molecule has 4 nitrogen and oxygen atoms in total. The van der Waals surface area contributed by atoms with Crippen LogP contribution in [0.5, 0.6) is 0 Å². The first kappa shape index (κ1) is 17.9. The average molecular weight is 356 g/mol. The molecule has 0 bridgehead atoms. The first-order valence-electron chi connectivity index (χ1n) is 5.87. The van der Waals surface area contributed by atoms with E-state index in [1.807, 2.05) is 17.0 Å². The molecule has 0 aliphatic carbocycles.